The van der Waals surface area contributed by atoms with Gasteiger partial charge >= 0.3 is 0 Å². The molecule has 2 N–H and O–H groups in total. The summed E-state index contributed by atoms with van der Waals surface area (Å²) in [6.07, 6.45) is 11.9. The summed E-state index contributed by atoms with van der Waals surface area (Å²) in [5, 5.41) is 0. The van der Waals surface area contributed by atoms with E-state index < -0.39 is 0 Å². The Labute approximate surface area is 111 Å². The van der Waals surface area contributed by atoms with Crippen LogP contribution in [-0.2, 0) is 0 Å². The smallest absolute Gasteiger partial charge is 0.0155 e. The molecule has 0 aromatic rings. The molecule has 4 saturated carbocycles. The van der Waals surface area contributed by atoms with Crippen molar-refractivity contribution in [3.05, 3.63) is 0 Å². The van der Waals surface area contributed by atoms with Crippen LogP contribution in [0.15, 0.2) is 0 Å². The fourth-order valence-electron chi connectivity index (χ4n) is 6.19. The third kappa shape index (κ3) is 1.76. The van der Waals surface area contributed by atoms with Gasteiger partial charge in [0.25, 0.3) is 0 Å². The molecule has 4 bridgehead atoms. The van der Waals surface area contributed by atoms with Crippen molar-refractivity contribution in [1.29, 1.82) is 0 Å². The van der Waals surface area contributed by atoms with Crippen LogP contribution < -0.4 is 5.73 Å². The summed E-state index contributed by atoms with van der Waals surface area (Å²) in [6.45, 7) is 2.26. The molecular weight excluding hydrogens is 220 g/mol. The number of hydrogen-bond donors (Lipinski definition) is 1. The fourth-order valence-corrected chi connectivity index (χ4v) is 6.19. The molecule has 1 saturated heterocycles. The zero-order valence-electron chi connectivity index (χ0n) is 11.6. The molecule has 1 heterocycles. The van der Waals surface area contributed by atoms with Gasteiger partial charge in [0, 0.05) is 12.1 Å². The Hall–Kier alpha value is -0.0800. The van der Waals surface area contributed by atoms with Crippen molar-refractivity contribution >= 4 is 0 Å². The van der Waals surface area contributed by atoms with Crippen LogP contribution in [0.25, 0.3) is 0 Å². The molecule has 0 radical (unpaired) electrons. The lowest BCUT2D eigenvalue weighted by molar-refractivity contribution is -0.0697. The lowest BCUT2D eigenvalue weighted by atomic mass is 9.54. The van der Waals surface area contributed by atoms with Crippen molar-refractivity contribution in [3.63, 3.8) is 0 Å². The molecule has 5 fully saturated rings. The first kappa shape index (κ1) is 11.7. The summed E-state index contributed by atoms with van der Waals surface area (Å²) in [6, 6.07) is 1.79. The van der Waals surface area contributed by atoms with Gasteiger partial charge in [0.1, 0.15) is 0 Å². The van der Waals surface area contributed by atoms with Crippen molar-refractivity contribution in [1.82, 2.24) is 4.90 Å². The minimum Gasteiger partial charge on any atom is -0.330 e. The number of likely N-dealkylation sites (tertiary alicyclic amines) is 1. The maximum Gasteiger partial charge on any atom is 0.0155 e. The molecule has 18 heavy (non-hydrogen) atoms. The summed E-state index contributed by atoms with van der Waals surface area (Å²) < 4.78 is 0. The van der Waals surface area contributed by atoms with E-state index in [0.29, 0.717) is 0 Å². The predicted octanol–water partition coefficient (Wildman–Crippen LogP) is 2.62. The summed E-state index contributed by atoms with van der Waals surface area (Å²) in [4.78, 5) is 2.92. The average Bonchev–Trinajstić information content (AvgIpc) is 2.76. The van der Waals surface area contributed by atoms with Crippen LogP contribution in [0.3, 0.4) is 0 Å². The van der Waals surface area contributed by atoms with Gasteiger partial charge < -0.3 is 5.73 Å². The lowest BCUT2D eigenvalue weighted by Crippen LogP contribution is -2.57. The highest BCUT2D eigenvalue weighted by Crippen LogP contribution is 2.55. The number of hydrogen-bond acceptors (Lipinski definition) is 2. The molecule has 5 aliphatic rings. The number of rotatable bonds is 3. The Morgan fingerprint density at radius 2 is 1.61 bits per heavy atom. The molecule has 102 valence electrons. The highest BCUT2D eigenvalue weighted by Gasteiger charge is 2.51. The van der Waals surface area contributed by atoms with Crippen molar-refractivity contribution < 1.29 is 0 Å². The molecule has 1 unspecified atom stereocenters. The molecule has 1 atom stereocenters. The van der Waals surface area contributed by atoms with Crippen LogP contribution in [0.4, 0.5) is 0 Å². The van der Waals surface area contributed by atoms with Crippen LogP contribution in [-0.4, -0.2) is 30.1 Å². The zero-order chi connectivity index (χ0) is 12.1. The van der Waals surface area contributed by atoms with E-state index >= 15 is 0 Å². The van der Waals surface area contributed by atoms with Crippen LogP contribution >= 0.6 is 0 Å². The molecule has 2 heteroatoms. The first-order chi connectivity index (χ1) is 8.85. The summed E-state index contributed by atoms with van der Waals surface area (Å²) in [7, 11) is 0. The number of nitrogens with two attached hydrogens (primary N) is 1. The van der Waals surface area contributed by atoms with Crippen molar-refractivity contribution in [3.8, 4) is 0 Å². The third-order valence-corrected chi connectivity index (χ3v) is 6.48. The third-order valence-electron chi connectivity index (χ3n) is 6.48. The van der Waals surface area contributed by atoms with Gasteiger partial charge in [-0.05, 0) is 88.1 Å². The molecule has 0 aromatic heterocycles. The zero-order valence-corrected chi connectivity index (χ0v) is 11.6. The van der Waals surface area contributed by atoms with E-state index in [-0.39, 0.29) is 0 Å². The van der Waals surface area contributed by atoms with Gasteiger partial charge in [0.2, 0.25) is 0 Å². The van der Waals surface area contributed by atoms with E-state index in [9.17, 15) is 0 Å². The Balaban J connectivity index is 1.54. The maximum atomic E-state index is 5.82. The molecule has 2 nitrogen and oxygen atoms in total. The summed E-state index contributed by atoms with van der Waals surface area (Å²) >= 11 is 0. The molecule has 1 aliphatic heterocycles. The second-order valence-corrected chi connectivity index (χ2v) is 7.53. The van der Waals surface area contributed by atoms with Gasteiger partial charge in [0.05, 0.1) is 0 Å². The molecule has 4 aliphatic carbocycles. The first-order valence-electron chi connectivity index (χ1n) is 8.31. The molecular formula is C16H28N2. The quantitative estimate of drug-likeness (QED) is 0.832. The second kappa shape index (κ2) is 4.49. The number of nitrogens with zero attached hydrogens (tertiary/aromatic N) is 1. The van der Waals surface area contributed by atoms with E-state index in [1.54, 1.807) is 32.1 Å². The minimum absolute atomic E-state index is 0.831. The van der Waals surface area contributed by atoms with Gasteiger partial charge in [0.15, 0.2) is 0 Å². The SMILES string of the molecule is NCCC1CCCN1C1C2CC3CC(C2)CC1C3. The summed E-state index contributed by atoms with van der Waals surface area (Å²) in [5.74, 6) is 4.33. The Kier molecular flexibility index (Phi) is 2.92. The minimum atomic E-state index is 0.831. The lowest BCUT2D eigenvalue weighted by Gasteiger charge is -2.57. The van der Waals surface area contributed by atoms with Crippen LogP contribution in [0, 0.1) is 23.7 Å². The van der Waals surface area contributed by atoms with Crippen molar-refractivity contribution in [2.45, 2.75) is 63.5 Å². The standard InChI is InChI=1S/C16H28N2/c17-4-3-15-2-1-5-18(15)16-13-7-11-6-12(9-13)10-14(16)8-11/h11-16H,1-10,17H2. The molecule has 5 rings (SSSR count). The molecule has 0 spiro atoms. The maximum absolute atomic E-state index is 5.82. The van der Waals surface area contributed by atoms with Gasteiger partial charge in [-0.1, -0.05) is 0 Å². The monoisotopic (exact) mass is 248 g/mol. The first-order valence-corrected chi connectivity index (χ1v) is 8.31. The van der Waals surface area contributed by atoms with E-state index in [4.69, 9.17) is 5.73 Å². The fraction of sp³-hybridized carbons (Fsp3) is 1.00. The Morgan fingerprint density at radius 1 is 0.944 bits per heavy atom. The topological polar surface area (TPSA) is 29.3 Å². The highest BCUT2D eigenvalue weighted by molar-refractivity contribution is 5.04. The van der Waals surface area contributed by atoms with Crippen molar-refractivity contribution in [2.75, 3.05) is 13.1 Å². The Morgan fingerprint density at radius 3 is 2.22 bits per heavy atom. The van der Waals surface area contributed by atoms with Crippen LogP contribution in [0.5, 0.6) is 0 Å². The van der Waals surface area contributed by atoms with Gasteiger partial charge in [-0.3, -0.25) is 4.90 Å². The van der Waals surface area contributed by atoms with Gasteiger partial charge in [-0.25, -0.2) is 0 Å². The average molecular weight is 248 g/mol. The molecule has 0 amide bonds. The Bertz CT molecular complexity index is 286. The second-order valence-electron chi connectivity index (χ2n) is 7.53. The van der Waals surface area contributed by atoms with E-state index in [1.807, 2.05) is 0 Å². The van der Waals surface area contributed by atoms with E-state index in [0.717, 1.165) is 42.3 Å². The summed E-state index contributed by atoms with van der Waals surface area (Å²) in [5.41, 5.74) is 5.82. The van der Waals surface area contributed by atoms with Crippen LogP contribution in [0.1, 0.15) is 51.4 Å². The highest BCUT2D eigenvalue weighted by atomic mass is 15.2. The van der Waals surface area contributed by atoms with E-state index in [2.05, 4.69) is 4.90 Å². The van der Waals surface area contributed by atoms with Crippen LogP contribution in [0.2, 0.25) is 0 Å². The van der Waals surface area contributed by atoms with Gasteiger partial charge in [-0.15, -0.1) is 0 Å². The van der Waals surface area contributed by atoms with E-state index in [1.165, 1.54) is 25.8 Å². The normalized spacial score (nSPS) is 51.2. The largest absolute Gasteiger partial charge is 0.330 e. The molecule has 0 aromatic carbocycles. The van der Waals surface area contributed by atoms with Gasteiger partial charge in [-0.2, -0.15) is 0 Å². The predicted molar refractivity (Wildman–Crippen MR) is 74.2 cm³/mol. The van der Waals surface area contributed by atoms with Crippen molar-refractivity contribution in [2.24, 2.45) is 29.4 Å².